The van der Waals surface area contributed by atoms with Crippen LogP contribution in [0.4, 0.5) is 5.82 Å². The van der Waals surface area contributed by atoms with Crippen molar-refractivity contribution in [3.05, 3.63) is 17.0 Å². The smallest absolute Gasteiger partial charge is 0.224 e. The summed E-state index contributed by atoms with van der Waals surface area (Å²) in [5, 5.41) is 3.44. The second-order valence-corrected chi connectivity index (χ2v) is 4.51. The van der Waals surface area contributed by atoms with Gasteiger partial charge in [0.1, 0.15) is 5.82 Å². The Morgan fingerprint density at radius 2 is 2.27 bits per heavy atom. The standard InChI is InChI=1S/C10H10ClN3O/c11-9-12-5-6-4-7(15)10(2-1-3-10)14-8(6)13-9/h5H,1-4H2,(H,12,13,14). The van der Waals surface area contributed by atoms with Crippen LogP contribution in [0.25, 0.3) is 0 Å². The molecule has 1 aliphatic carbocycles. The molecular formula is C10H10ClN3O. The average Bonchev–Trinajstić information content (AvgIpc) is 2.15. The SMILES string of the molecule is O=C1Cc2cnc(Cl)nc2NC12CCC2. The summed E-state index contributed by atoms with van der Waals surface area (Å²) in [4.78, 5) is 19.9. The van der Waals surface area contributed by atoms with E-state index in [1.165, 1.54) is 0 Å². The first-order chi connectivity index (χ1) is 7.20. The van der Waals surface area contributed by atoms with Gasteiger partial charge in [-0.3, -0.25) is 4.79 Å². The number of hydrogen-bond acceptors (Lipinski definition) is 4. The number of halogens is 1. The van der Waals surface area contributed by atoms with Gasteiger partial charge in [0.25, 0.3) is 0 Å². The minimum Gasteiger partial charge on any atom is -0.357 e. The average molecular weight is 224 g/mol. The highest BCUT2D eigenvalue weighted by Gasteiger charge is 2.46. The number of nitrogens with one attached hydrogen (secondary N) is 1. The zero-order valence-corrected chi connectivity index (χ0v) is 8.84. The fourth-order valence-corrected chi connectivity index (χ4v) is 2.33. The van der Waals surface area contributed by atoms with Crippen molar-refractivity contribution in [2.45, 2.75) is 31.2 Å². The molecule has 78 valence electrons. The molecule has 2 aliphatic rings. The highest BCUT2D eigenvalue weighted by atomic mass is 35.5. The topological polar surface area (TPSA) is 54.9 Å². The van der Waals surface area contributed by atoms with Gasteiger partial charge < -0.3 is 5.32 Å². The van der Waals surface area contributed by atoms with E-state index in [4.69, 9.17) is 11.6 Å². The molecule has 1 N–H and O–H groups in total. The van der Waals surface area contributed by atoms with E-state index in [9.17, 15) is 4.79 Å². The van der Waals surface area contributed by atoms with Gasteiger partial charge in [-0.15, -0.1) is 0 Å². The second kappa shape index (κ2) is 2.92. The Morgan fingerprint density at radius 1 is 1.47 bits per heavy atom. The van der Waals surface area contributed by atoms with Crippen molar-refractivity contribution < 1.29 is 4.79 Å². The quantitative estimate of drug-likeness (QED) is 0.679. The van der Waals surface area contributed by atoms with Crippen LogP contribution in [-0.4, -0.2) is 21.3 Å². The summed E-state index contributed by atoms with van der Waals surface area (Å²) in [6.45, 7) is 0. The lowest BCUT2D eigenvalue weighted by Gasteiger charge is -2.44. The molecule has 15 heavy (non-hydrogen) atoms. The number of fused-ring (bicyclic) bond motifs is 1. The Labute approximate surface area is 92.1 Å². The third kappa shape index (κ3) is 1.24. The highest BCUT2D eigenvalue weighted by molar-refractivity contribution is 6.28. The van der Waals surface area contributed by atoms with Crippen molar-refractivity contribution >= 4 is 23.2 Å². The van der Waals surface area contributed by atoms with Crippen molar-refractivity contribution in [1.82, 2.24) is 9.97 Å². The van der Waals surface area contributed by atoms with Crippen LogP contribution in [-0.2, 0) is 11.2 Å². The van der Waals surface area contributed by atoms with Gasteiger partial charge in [-0.25, -0.2) is 9.97 Å². The van der Waals surface area contributed by atoms with Crippen LogP contribution >= 0.6 is 11.6 Å². The number of carbonyl (C=O) groups excluding carboxylic acids is 1. The number of ketones is 1. The van der Waals surface area contributed by atoms with Gasteiger partial charge in [-0.2, -0.15) is 0 Å². The number of rotatable bonds is 0. The zero-order valence-electron chi connectivity index (χ0n) is 8.09. The minimum absolute atomic E-state index is 0.227. The second-order valence-electron chi connectivity index (χ2n) is 4.17. The zero-order chi connectivity index (χ0) is 10.5. The number of carbonyl (C=O) groups is 1. The summed E-state index contributed by atoms with van der Waals surface area (Å²) >= 11 is 5.72. The predicted molar refractivity (Wildman–Crippen MR) is 56.0 cm³/mol. The minimum atomic E-state index is -0.343. The van der Waals surface area contributed by atoms with E-state index in [1.807, 2.05) is 0 Å². The Bertz CT molecular complexity index is 442. The van der Waals surface area contributed by atoms with Gasteiger partial charge in [-0.05, 0) is 30.9 Å². The van der Waals surface area contributed by atoms with E-state index in [0.29, 0.717) is 6.42 Å². The molecule has 1 saturated carbocycles. The third-order valence-corrected chi connectivity index (χ3v) is 3.47. The van der Waals surface area contributed by atoms with Crippen LogP contribution in [0.2, 0.25) is 5.28 Å². The molecule has 4 nitrogen and oxygen atoms in total. The number of Topliss-reactive ketones (excluding diaryl/α,β-unsaturated/α-hetero) is 1. The molecule has 3 rings (SSSR count). The van der Waals surface area contributed by atoms with Crippen LogP contribution in [0.15, 0.2) is 6.20 Å². The largest absolute Gasteiger partial charge is 0.357 e. The molecule has 1 aromatic rings. The maximum Gasteiger partial charge on any atom is 0.224 e. The van der Waals surface area contributed by atoms with Crippen molar-refractivity contribution in [2.75, 3.05) is 5.32 Å². The van der Waals surface area contributed by atoms with Crippen molar-refractivity contribution in [1.29, 1.82) is 0 Å². The van der Waals surface area contributed by atoms with Gasteiger partial charge >= 0.3 is 0 Å². The number of aromatic nitrogens is 2. The van der Waals surface area contributed by atoms with Gasteiger partial charge in [0, 0.05) is 18.2 Å². The Morgan fingerprint density at radius 3 is 2.93 bits per heavy atom. The van der Waals surface area contributed by atoms with Crippen LogP contribution < -0.4 is 5.32 Å². The number of hydrogen-bond donors (Lipinski definition) is 1. The Kier molecular flexibility index (Phi) is 1.77. The molecule has 1 spiro atoms. The summed E-state index contributed by atoms with van der Waals surface area (Å²) < 4.78 is 0. The van der Waals surface area contributed by atoms with Crippen LogP contribution in [0.3, 0.4) is 0 Å². The summed E-state index contributed by atoms with van der Waals surface area (Å²) in [6, 6.07) is 0. The van der Waals surface area contributed by atoms with E-state index in [2.05, 4.69) is 15.3 Å². The molecule has 0 bridgehead atoms. The van der Waals surface area contributed by atoms with E-state index in [-0.39, 0.29) is 16.6 Å². The lowest BCUT2D eigenvalue weighted by molar-refractivity contribution is -0.125. The lowest BCUT2D eigenvalue weighted by Crippen LogP contribution is -2.55. The summed E-state index contributed by atoms with van der Waals surface area (Å²) in [5.74, 6) is 0.987. The van der Waals surface area contributed by atoms with E-state index in [0.717, 1.165) is 30.6 Å². The molecule has 1 aliphatic heterocycles. The summed E-state index contributed by atoms with van der Waals surface area (Å²) in [6.07, 6.45) is 4.98. The summed E-state index contributed by atoms with van der Waals surface area (Å²) in [5.41, 5.74) is 0.506. The van der Waals surface area contributed by atoms with Crippen LogP contribution in [0.1, 0.15) is 24.8 Å². The maximum absolute atomic E-state index is 11.9. The van der Waals surface area contributed by atoms with Gasteiger partial charge in [-0.1, -0.05) is 0 Å². The monoisotopic (exact) mass is 223 g/mol. The molecule has 0 unspecified atom stereocenters. The third-order valence-electron chi connectivity index (χ3n) is 3.28. The molecule has 1 fully saturated rings. The molecule has 0 amide bonds. The van der Waals surface area contributed by atoms with Crippen LogP contribution in [0.5, 0.6) is 0 Å². The molecule has 0 saturated heterocycles. The highest BCUT2D eigenvalue weighted by Crippen LogP contribution is 2.40. The molecular weight excluding hydrogens is 214 g/mol. The Hall–Kier alpha value is -1.16. The van der Waals surface area contributed by atoms with Gasteiger partial charge in [0.15, 0.2) is 5.78 Å². The van der Waals surface area contributed by atoms with Gasteiger partial charge in [0.05, 0.1) is 5.54 Å². The van der Waals surface area contributed by atoms with Crippen molar-refractivity contribution in [3.63, 3.8) is 0 Å². The van der Waals surface area contributed by atoms with Crippen molar-refractivity contribution in [3.8, 4) is 0 Å². The maximum atomic E-state index is 11.9. The summed E-state index contributed by atoms with van der Waals surface area (Å²) in [7, 11) is 0. The predicted octanol–water partition coefficient (Wildman–Crippen LogP) is 1.59. The first-order valence-electron chi connectivity index (χ1n) is 5.03. The van der Waals surface area contributed by atoms with Crippen molar-refractivity contribution in [2.24, 2.45) is 0 Å². The fourth-order valence-electron chi connectivity index (χ4n) is 2.20. The van der Waals surface area contributed by atoms with Gasteiger partial charge in [0.2, 0.25) is 5.28 Å². The first-order valence-corrected chi connectivity index (χ1v) is 5.40. The molecule has 0 aromatic carbocycles. The fraction of sp³-hybridized carbons (Fsp3) is 0.500. The normalized spacial score (nSPS) is 21.8. The van der Waals surface area contributed by atoms with E-state index >= 15 is 0 Å². The molecule has 0 atom stereocenters. The van der Waals surface area contributed by atoms with E-state index in [1.54, 1.807) is 6.20 Å². The lowest BCUT2D eigenvalue weighted by atomic mass is 9.70. The number of anilines is 1. The Balaban J connectivity index is 2.03. The molecule has 2 heterocycles. The number of nitrogens with zero attached hydrogens (tertiary/aromatic N) is 2. The molecule has 5 heteroatoms. The van der Waals surface area contributed by atoms with Crippen LogP contribution in [0, 0.1) is 0 Å². The van der Waals surface area contributed by atoms with E-state index < -0.39 is 0 Å². The first kappa shape index (κ1) is 9.09. The molecule has 1 aromatic heterocycles. The molecule has 0 radical (unpaired) electrons.